The molecular formula is C15H11FO3. The van der Waals surface area contributed by atoms with Crippen molar-refractivity contribution in [3.63, 3.8) is 0 Å². The number of aryl methyl sites for hydroxylation is 1. The van der Waals surface area contributed by atoms with E-state index in [-0.39, 0.29) is 16.4 Å². The Morgan fingerprint density at radius 1 is 1.21 bits per heavy atom. The number of hydrogen-bond acceptors (Lipinski definition) is 3. The molecule has 0 aliphatic rings. The molecule has 0 saturated heterocycles. The van der Waals surface area contributed by atoms with Crippen molar-refractivity contribution in [1.29, 1.82) is 0 Å². The summed E-state index contributed by atoms with van der Waals surface area (Å²) >= 11 is 0. The summed E-state index contributed by atoms with van der Waals surface area (Å²) in [5.74, 6) is 0.0630. The summed E-state index contributed by atoms with van der Waals surface area (Å²) in [5.41, 5.74) is 1.04. The molecule has 1 aromatic heterocycles. The summed E-state index contributed by atoms with van der Waals surface area (Å²) in [4.78, 5) is 12.3. The van der Waals surface area contributed by atoms with Crippen LogP contribution in [0.1, 0.15) is 5.56 Å². The molecule has 0 unspecified atom stereocenters. The summed E-state index contributed by atoms with van der Waals surface area (Å²) in [7, 11) is 1.55. The lowest BCUT2D eigenvalue weighted by molar-refractivity contribution is 0.411. The second-order valence-electron chi connectivity index (χ2n) is 4.31. The highest BCUT2D eigenvalue weighted by Crippen LogP contribution is 2.28. The summed E-state index contributed by atoms with van der Waals surface area (Å²) in [5, 5.41) is 0.343. The first-order valence-electron chi connectivity index (χ1n) is 5.82. The van der Waals surface area contributed by atoms with E-state index in [9.17, 15) is 9.18 Å². The van der Waals surface area contributed by atoms with Gasteiger partial charge in [0.2, 0.25) is 5.43 Å². The van der Waals surface area contributed by atoms with Gasteiger partial charge >= 0.3 is 0 Å². The molecule has 0 atom stereocenters. The molecule has 96 valence electrons. The molecule has 2 aromatic carbocycles. The normalized spacial score (nSPS) is 11.1. The Morgan fingerprint density at radius 2 is 2.00 bits per heavy atom. The van der Waals surface area contributed by atoms with Crippen LogP contribution < -0.4 is 10.2 Å². The van der Waals surface area contributed by atoms with Gasteiger partial charge in [-0.25, -0.2) is 4.39 Å². The molecule has 0 aliphatic heterocycles. The quantitative estimate of drug-likeness (QED) is 0.628. The summed E-state index contributed by atoms with van der Waals surface area (Å²) in [6, 6.07) is 7.63. The van der Waals surface area contributed by atoms with Gasteiger partial charge in [-0.1, -0.05) is 6.07 Å². The molecule has 4 heteroatoms. The van der Waals surface area contributed by atoms with E-state index in [0.717, 1.165) is 5.56 Å². The minimum absolute atomic E-state index is 0.0143. The van der Waals surface area contributed by atoms with E-state index in [1.54, 1.807) is 32.2 Å². The molecule has 0 amide bonds. The second kappa shape index (κ2) is 4.09. The van der Waals surface area contributed by atoms with Crippen LogP contribution in [0.25, 0.3) is 21.9 Å². The number of ether oxygens (including phenoxy) is 1. The molecule has 0 bridgehead atoms. The van der Waals surface area contributed by atoms with Gasteiger partial charge in [0.1, 0.15) is 28.1 Å². The molecule has 0 fully saturated rings. The first kappa shape index (κ1) is 11.7. The smallest absolute Gasteiger partial charge is 0.203 e. The van der Waals surface area contributed by atoms with Gasteiger partial charge in [-0.05, 0) is 31.2 Å². The highest BCUT2D eigenvalue weighted by atomic mass is 19.1. The lowest BCUT2D eigenvalue weighted by Crippen LogP contribution is -2.05. The van der Waals surface area contributed by atoms with Crippen molar-refractivity contribution in [3.05, 3.63) is 51.9 Å². The summed E-state index contributed by atoms with van der Waals surface area (Å²) < 4.78 is 24.6. The van der Waals surface area contributed by atoms with E-state index in [2.05, 4.69) is 0 Å². The molecule has 1 heterocycles. The van der Waals surface area contributed by atoms with Gasteiger partial charge in [0.25, 0.3) is 0 Å². The van der Waals surface area contributed by atoms with Gasteiger partial charge < -0.3 is 9.15 Å². The van der Waals surface area contributed by atoms with Crippen LogP contribution in [0.15, 0.2) is 39.5 Å². The monoisotopic (exact) mass is 258 g/mol. The van der Waals surface area contributed by atoms with Gasteiger partial charge in [-0.3, -0.25) is 4.79 Å². The van der Waals surface area contributed by atoms with E-state index < -0.39 is 5.82 Å². The van der Waals surface area contributed by atoms with Crippen molar-refractivity contribution in [3.8, 4) is 5.75 Å². The zero-order valence-corrected chi connectivity index (χ0v) is 10.5. The van der Waals surface area contributed by atoms with E-state index in [1.165, 1.54) is 12.1 Å². The Hall–Kier alpha value is -2.36. The largest absolute Gasteiger partial charge is 0.496 e. The number of hydrogen-bond donors (Lipinski definition) is 0. The van der Waals surface area contributed by atoms with Gasteiger partial charge in [0.15, 0.2) is 0 Å². The maximum absolute atomic E-state index is 13.7. The topological polar surface area (TPSA) is 39.4 Å². The van der Waals surface area contributed by atoms with Crippen LogP contribution in [0.5, 0.6) is 5.75 Å². The Morgan fingerprint density at radius 3 is 2.74 bits per heavy atom. The molecule has 3 rings (SSSR count). The standard InChI is InChI=1S/C15H11FO3/c1-8-11(18-2)7-6-9-14(17)13-10(16)4-3-5-12(13)19-15(8)9/h3-7H,1-2H3. The van der Waals surface area contributed by atoms with Gasteiger partial charge in [0.05, 0.1) is 12.5 Å². The first-order valence-corrected chi connectivity index (χ1v) is 5.82. The summed E-state index contributed by atoms with van der Waals surface area (Å²) in [6.07, 6.45) is 0. The molecule has 0 spiro atoms. The lowest BCUT2D eigenvalue weighted by Gasteiger charge is -2.08. The van der Waals surface area contributed by atoms with Crippen molar-refractivity contribution in [2.45, 2.75) is 6.92 Å². The minimum atomic E-state index is -0.568. The highest BCUT2D eigenvalue weighted by Gasteiger charge is 2.14. The predicted molar refractivity (Wildman–Crippen MR) is 71.2 cm³/mol. The minimum Gasteiger partial charge on any atom is -0.496 e. The number of fused-ring (bicyclic) bond motifs is 2. The first-order chi connectivity index (χ1) is 9.13. The van der Waals surface area contributed by atoms with Crippen LogP contribution in [0.3, 0.4) is 0 Å². The zero-order valence-electron chi connectivity index (χ0n) is 10.5. The van der Waals surface area contributed by atoms with E-state index in [4.69, 9.17) is 9.15 Å². The average Bonchev–Trinajstić information content (AvgIpc) is 2.40. The van der Waals surface area contributed by atoms with Crippen LogP contribution in [0.4, 0.5) is 4.39 Å². The summed E-state index contributed by atoms with van der Waals surface area (Å²) in [6.45, 7) is 1.80. The molecule has 19 heavy (non-hydrogen) atoms. The molecular weight excluding hydrogens is 247 g/mol. The number of halogens is 1. The lowest BCUT2D eigenvalue weighted by atomic mass is 10.1. The predicted octanol–water partition coefficient (Wildman–Crippen LogP) is 3.40. The fourth-order valence-electron chi connectivity index (χ4n) is 2.26. The molecule has 0 aliphatic carbocycles. The van der Waals surface area contributed by atoms with Crippen molar-refractivity contribution in [1.82, 2.24) is 0 Å². The Kier molecular flexibility index (Phi) is 2.52. The van der Waals surface area contributed by atoms with Gasteiger partial charge in [0, 0.05) is 5.56 Å². The second-order valence-corrected chi connectivity index (χ2v) is 4.31. The van der Waals surface area contributed by atoms with E-state index >= 15 is 0 Å². The maximum Gasteiger partial charge on any atom is 0.203 e. The van der Waals surface area contributed by atoms with Crippen molar-refractivity contribution >= 4 is 21.9 Å². The van der Waals surface area contributed by atoms with Crippen molar-refractivity contribution in [2.24, 2.45) is 0 Å². The highest BCUT2D eigenvalue weighted by molar-refractivity contribution is 5.92. The Balaban J connectivity index is 2.58. The Bertz CT molecular complexity index is 849. The van der Waals surface area contributed by atoms with Crippen LogP contribution in [0, 0.1) is 12.7 Å². The third-order valence-electron chi connectivity index (χ3n) is 3.24. The maximum atomic E-state index is 13.7. The molecule has 0 saturated carbocycles. The Labute approximate surface area is 108 Å². The van der Waals surface area contributed by atoms with E-state index in [0.29, 0.717) is 16.7 Å². The third kappa shape index (κ3) is 1.60. The molecule has 0 N–H and O–H groups in total. The molecule has 3 nitrogen and oxygen atoms in total. The van der Waals surface area contributed by atoms with Gasteiger partial charge in [-0.15, -0.1) is 0 Å². The SMILES string of the molecule is COc1ccc2c(=O)c3c(F)cccc3oc2c1C. The number of benzene rings is 2. The fourth-order valence-corrected chi connectivity index (χ4v) is 2.26. The van der Waals surface area contributed by atoms with E-state index in [1.807, 2.05) is 0 Å². The fraction of sp³-hybridized carbons (Fsp3) is 0.133. The van der Waals surface area contributed by atoms with Crippen LogP contribution >= 0.6 is 0 Å². The van der Waals surface area contributed by atoms with Crippen molar-refractivity contribution < 1.29 is 13.5 Å². The van der Waals surface area contributed by atoms with Crippen molar-refractivity contribution in [2.75, 3.05) is 7.11 Å². The number of rotatable bonds is 1. The zero-order chi connectivity index (χ0) is 13.6. The van der Waals surface area contributed by atoms with Crippen LogP contribution in [-0.4, -0.2) is 7.11 Å². The number of methoxy groups -OCH3 is 1. The molecule has 3 aromatic rings. The third-order valence-corrected chi connectivity index (χ3v) is 3.24. The van der Waals surface area contributed by atoms with Crippen LogP contribution in [-0.2, 0) is 0 Å². The van der Waals surface area contributed by atoms with Crippen LogP contribution in [0.2, 0.25) is 0 Å². The van der Waals surface area contributed by atoms with Gasteiger partial charge in [-0.2, -0.15) is 0 Å². The average molecular weight is 258 g/mol. The molecule has 0 radical (unpaired) electrons.